The van der Waals surface area contributed by atoms with E-state index in [1.54, 1.807) is 6.92 Å². The van der Waals surface area contributed by atoms with Crippen LogP contribution in [0.15, 0.2) is 18.2 Å². The Hall–Kier alpha value is -2.24. The van der Waals surface area contributed by atoms with Gasteiger partial charge in [0.05, 0.1) is 0 Å². The molecule has 6 nitrogen and oxygen atoms in total. The predicted octanol–water partition coefficient (Wildman–Crippen LogP) is 3.68. The highest BCUT2D eigenvalue weighted by atomic mass is 16.2. The molecule has 26 heavy (non-hydrogen) atoms. The quantitative estimate of drug-likeness (QED) is 0.778. The molecule has 0 bridgehead atoms. The number of nitrogens with one attached hydrogen (secondary N) is 2. The van der Waals surface area contributed by atoms with Crippen molar-refractivity contribution in [3.8, 4) is 0 Å². The lowest BCUT2D eigenvalue weighted by Gasteiger charge is -2.32. The van der Waals surface area contributed by atoms with Gasteiger partial charge in [-0.15, -0.1) is 0 Å². The topological polar surface area (TPSA) is 64.7 Å². The highest BCUT2D eigenvalue weighted by molar-refractivity contribution is 5.90. The van der Waals surface area contributed by atoms with Crippen molar-refractivity contribution in [2.24, 2.45) is 5.92 Å². The predicted molar refractivity (Wildman–Crippen MR) is 109 cm³/mol. The summed E-state index contributed by atoms with van der Waals surface area (Å²) in [5, 5.41) is 5.68. The van der Waals surface area contributed by atoms with E-state index in [9.17, 15) is 9.59 Å². The molecule has 1 atom stereocenters. The zero-order chi connectivity index (χ0) is 20.0. The highest BCUT2D eigenvalue weighted by Crippen LogP contribution is 2.26. The van der Waals surface area contributed by atoms with Gasteiger partial charge in [0.25, 0.3) is 0 Å². The van der Waals surface area contributed by atoms with Gasteiger partial charge in [0.1, 0.15) is 0 Å². The zero-order valence-corrected chi connectivity index (χ0v) is 17.4. The van der Waals surface area contributed by atoms with E-state index in [1.165, 1.54) is 0 Å². The van der Waals surface area contributed by atoms with E-state index in [-0.39, 0.29) is 24.0 Å². The first kappa shape index (κ1) is 21.8. The lowest BCUT2D eigenvalue weighted by molar-refractivity contribution is -0.132. The van der Waals surface area contributed by atoms with Gasteiger partial charge in [-0.25, -0.2) is 4.79 Å². The van der Waals surface area contributed by atoms with Gasteiger partial charge in [0.15, 0.2) is 0 Å². The Bertz CT molecular complexity index is 626. The summed E-state index contributed by atoms with van der Waals surface area (Å²) < 4.78 is 0. The van der Waals surface area contributed by atoms with E-state index in [2.05, 4.69) is 31.4 Å². The van der Waals surface area contributed by atoms with Crippen LogP contribution in [0, 0.1) is 5.92 Å². The minimum atomic E-state index is -0.234. The van der Waals surface area contributed by atoms with Gasteiger partial charge in [0, 0.05) is 51.0 Å². The highest BCUT2D eigenvalue weighted by Gasteiger charge is 2.21. The van der Waals surface area contributed by atoms with Crippen LogP contribution in [-0.4, -0.2) is 43.0 Å². The van der Waals surface area contributed by atoms with E-state index >= 15 is 0 Å². The number of rotatable bonds is 7. The molecule has 0 heterocycles. The molecule has 0 spiro atoms. The lowest BCUT2D eigenvalue weighted by Crippen LogP contribution is -2.40. The van der Waals surface area contributed by atoms with Crippen LogP contribution in [0.4, 0.5) is 16.2 Å². The van der Waals surface area contributed by atoms with Crippen LogP contribution >= 0.6 is 0 Å². The zero-order valence-electron chi connectivity index (χ0n) is 17.4. The lowest BCUT2D eigenvalue weighted by atomic mass is 10.0. The first-order chi connectivity index (χ1) is 12.0. The van der Waals surface area contributed by atoms with Crippen molar-refractivity contribution in [1.82, 2.24) is 10.2 Å². The Balaban J connectivity index is 3.14. The minimum Gasteiger partial charge on any atom is -0.377 e. The van der Waals surface area contributed by atoms with Crippen LogP contribution in [0.5, 0.6) is 0 Å². The maximum Gasteiger partial charge on any atom is 0.319 e. The van der Waals surface area contributed by atoms with E-state index < -0.39 is 0 Å². The Labute approximate surface area is 157 Å². The van der Waals surface area contributed by atoms with Gasteiger partial charge in [-0.05, 0) is 50.5 Å². The monoisotopic (exact) mass is 362 g/mol. The van der Waals surface area contributed by atoms with Crippen molar-refractivity contribution in [2.75, 3.05) is 24.3 Å². The van der Waals surface area contributed by atoms with Crippen LogP contribution in [0.3, 0.4) is 0 Å². The van der Waals surface area contributed by atoms with Crippen molar-refractivity contribution in [1.29, 1.82) is 0 Å². The fourth-order valence-electron chi connectivity index (χ4n) is 2.74. The van der Waals surface area contributed by atoms with Crippen LogP contribution in [0.1, 0.15) is 47.1 Å². The largest absolute Gasteiger partial charge is 0.377 e. The third-order valence-electron chi connectivity index (χ3n) is 4.44. The summed E-state index contributed by atoms with van der Waals surface area (Å²) in [6, 6.07) is 5.75. The van der Waals surface area contributed by atoms with E-state index in [0.29, 0.717) is 18.2 Å². The maximum atomic E-state index is 12.2. The van der Waals surface area contributed by atoms with Crippen LogP contribution < -0.4 is 15.5 Å². The maximum absolute atomic E-state index is 12.2. The van der Waals surface area contributed by atoms with Crippen LogP contribution in [0.25, 0.3) is 0 Å². The molecule has 1 aromatic carbocycles. The normalized spacial score (nSPS) is 12.1. The molecular formula is C20H34N4O2. The van der Waals surface area contributed by atoms with Gasteiger partial charge in [-0.3, -0.25) is 4.79 Å². The SMILES string of the molecule is CC(=O)N(Cc1cc(NC(=O)NC(C)C)ccc1N(C)C)C(C)C(C)C. The average molecular weight is 363 g/mol. The second-order valence-electron chi connectivity index (χ2n) is 7.62. The smallest absolute Gasteiger partial charge is 0.319 e. The average Bonchev–Trinajstić information content (AvgIpc) is 2.50. The molecule has 0 aromatic heterocycles. The molecule has 0 fully saturated rings. The second-order valence-corrected chi connectivity index (χ2v) is 7.62. The molecule has 2 N–H and O–H groups in total. The minimum absolute atomic E-state index is 0.0480. The number of amides is 3. The van der Waals surface area contributed by atoms with Gasteiger partial charge < -0.3 is 20.4 Å². The Morgan fingerprint density at radius 2 is 1.69 bits per heavy atom. The summed E-state index contributed by atoms with van der Waals surface area (Å²) in [5.74, 6) is 0.409. The number of hydrogen-bond donors (Lipinski definition) is 2. The number of carbonyl (C=O) groups excluding carboxylic acids is 2. The molecule has 1 aromatic rings. The van der Waals surface area contributed by atoms with Crippen molar-refractivity contribution >= 4 is 23.3 Å². The molecule has 0 aliphatic rings. The molecule has 6 heteroatoms. The summed E-state index contributed by atoms with van der Waals surface area (Å²) in [5.41, 5.74) is 2.74. The Morgan fingerprint density at radius 3 is 2.15 bits per heavy atom. The number of carbonyl (C=O) groups is 2. The summed E-state index contributed by atoms with van der Waals surface area (Å²) >= 11 is 0. The Morgan fingerprint density at radius 1 is 1.08 bits per heavy atom. The van der Waals surface area contributed by atoms with Crippen molar-refractivity contribution in [3.05, 3.63) is 23.8 Å². The fourth-order valence-corrected chi connectivity index (χ4v) is 2.74. The van der Waals surface area contributed by atoms with Gasteiger partial charge in [0.2, 0.25) is 5.91 Å². The molecule has 1 unspecified atom stereocenters. The van der Waals surface area contributed by atoms with Gasteiger partial charge in [-0.2, -0.15) is 0 Å². The van der Waals surface area contributed by atoms with Gasteiger partial charge in [-0.1, -0.05) is 13.8 Å². The summed E-state index contributed by atoms with van der Waals surface area (Å²) in [6.07, 6.45) is 0. The van der Waals surface area contributed by atoms with Crippen molar-refractivity contribution < 1.29 is 9.59 Å². The van der Waals surface area contributed by atoms with Gasteiger partial charge >= 0.3 is 6.03 Å². The third kappa shape index (κ3) is 6.24. The molecule has 0 saturated carbocycles. The fraction of sp³-hybridized carbons (Fsp3) is 0.600. The van der Waals surface area contributed by atoms with E-state index in [1.807, 2.05) is 55.9 Å². The standard InChI is InChI=1S/C20H34N4O2/c1-13(2)15(5)24(16(6)25)12-17-11-18(9-10-19(17)23(7)8)22-20(26)21-14(3)4/h9-11,13-15H,12H2,1-8H3,(H2,21,22,26). The second kappa shape index (κ2) is 9.46. The Kier molecular flexibility index (Phi) is 7.93. The van der Waals surface area contributed by atoms with E-state index in [0.717, 1.165) is 11.3 Å². The first-order valence-corrected chi connectivity index (χ1v) is 9.17. The first-order valence-electron chi connectivity index (χ1n) is 9.17. The molecule has 0 saturated heterocycles. The third-order valence-corrected chi connectivity index (χ3v) is 4.44. The molecule has 0 aliphatic heterocycles. The van der Waals surface area contributed by atoms with E-state index in [4.69, 9.17) is 0 Å². The number of nitrogens with zero attached hydrogens (tertiary/aromatic N) is 2. The van der Waals surface area contributed by atoms with Crippen molar-refractivity contribution in [3.63, 3.8) is 0 Å². The summed E-state index contributed by atoms with van der Waals surface area (Å²) in [4.78, 5) is 28.1. The number of anilines is 2. The van der Waals surface area contributed by atoms with Crippen LogP contribution in [-0.2, 0) is 11.3 Å². The molecule has 146 valence electrons. The molecule has 0 radical (unpaired) electrons. The number of benzene rings is 1. The number of hydrogen-bond acceptors (Lipinski definition) is 3. The van der Waals surface area contributed by atoms with Crippen LogP contribution in [0.2, 0.25) is 0 Å². The molecule has 1 rings (SSSR count). The molecule has 3 amide bonds. The molecular weight excluding hydrogens is 328 g/mol. The number of urea groups is 1. The summed E-state index contributed by atoms with van der Waals surface area (Å²) in [6.45, 7) is 12.2. The summed E-state index contributed by atoms with van der Waals surface area (Å²) in [7, 11) is 3.95. The molecule has 0 aliphatic carbocycles. The van der Waals surface area contributed by atoms with Crippen molar-refractivity contribution in [2.45, 2.75) is 60.2 Å².